The molecule has 0 heterocycles. The highest BCUT2D eigenvalue weighted by Gasteiger charge is 2.35. The number of aliphatic carboxylic acids is 1. The zero-order chi connectivity index (χ0) is 15.3. The molecule has 0 radical (unpaired) electrons. The van der Waals surface area contributed by atoms with Gasteiger partial charge >= 0.3 is 5.97 Å². The van der Waals surface area contributed by atoms with Crippen LogP contribution in [0.1, 0.15) is 18.9 Å². The number of carboxylic acid groups (broad SMARTS) is 1. The molecule has 1 aromatic rings. The monoisotopic (exact) mass is 352 g/mol. The van der Waals surface area contributed by atoms with E-state index in [9.17, 15) is 13.6 Å². The minimum Gasteiger partial charge on any atom is -0.479 e. The largest absolute Gasteiger partial charge is 0.479 e. The number of ether oxygens (including phenoxy) is 2. The van der Waals surface area contributed by atoms with Crippen molar-refractivity contribution in [3.8, 4) is 5.75 Å². The van der Waals surface area contributed by atoms with Crippen molar-refractivity contribution in [2.75, 3.05) is 13.7 Å². The Morgan fingerprint density at radius 3 is 2.70 bits per heavy atom. The fraction of sp³-hybridized carbons (Fsp3) is 0.462. The molecule has 0 spiro atoms. The Morgan fingerprint density at radius 1 is 1.50 bits per heavy atom. The number of hydrogen-bond donors (Lipinski definition) is 1. The molecule has 112 valence electrons. The highest BCUT2D eigenvalue weighted by Crippen LogP contribution is 2.39. The lowest BCUT2D eigenvalue weighted by atomic mass is 10.0. The van der Waals surface area contributed by atoms with Crippen molar-refractivity contribution in [1.82, 2.24) is 0 Å². The van der Waals surface area contributed by atoms with Crippen LogP contribution in [0.5, 0.6) is 5.75 Å². The van der Waals surface area contributed by atoms with Gasteiger partial charge in [0.25, 0.3) is 5.92 Å². The predicted molar refractivity (Wildman–Crippen MR) is 72.3 cm³/mol. The topological polar surface area (TPSA) is 55.8 Å². The van der Waals surface area contributed by atoms with Gasteiger partial charge in [-0.05, 0) is 25.1 Å². The van der Waals surface area contributed by atoms with Gasteiger partial charge in [0.15, 0.2) is 6.10 Å². The molecule has 0 saturated heterocycles. The van der Waals surface area contributed by atoms with Crippen molar-refractivity contribution in [3.05, 3.63) is 28.2 Å². The van der Waals surface area contributed by atoms with Crippen LogP contribution in [0.25, 0.3) is 0 Å². The van der Waals surface area contributed by atoms with Crippen LogP contribution in [0, 0.1) is 0 Å². The first-order valence-corrected chi connectivity index (χ1v) is 6.63. The Labute approximate surface area is 123 Å². The molecule has 0 bridgehead atoms. The lowest BCUT2D eigenvalue weighted by Gasteiger charge is -2.21. The summed E-state index contributed by atoms with van der Waals surface area (Å²) in [7, 11) is 1.33. The maximum atomic E-state index is 14.1. The van der Waals surface area contributed by atoms with E-state index in [1.165, 1.54) is 32.2 Å². The molecule has 7 heteroatoms. The second-order valence-electron chi connectivity index (χ2n) is 4.19. The van der Waals surface area contributed by atoms with Crippen LogP contribution >= 0.6 is 15.9 Å². The molecule has 0 aliphatic heterocycles. The van der Waals surface area contributed by atoms with E-state index in [-0.39, 0.29) is 17.9 Å². The Hall–Kier alpha value is -1.21. The van der Waals surface area contributed by atoms with Crippen LogP contribution in [0.4, 0.5) is 8.78 Å². The summed E-state index contributed by atoms with van der Waals surface area (Å²) in [5, 5.41) is 8.79. The standard InChI is InChI=1S/C13H15BrF2O4/c1-8(12(17)18)20-11-4-3-9(14)7-10(11)13(15,16)5-6-19-2/h3-4,7-8H,5-6H2,1-2H3,(H,17,18). The van der Waals surface area contributed by atoms with E-state index >= 15 is 0 Å². The number of carboxylic acids is 1. The molecule has 0 saturated carbocycles. The first-order chi connectivity index (χ1) is 9.27. The van der Waals surface area contributed by atoms with Gasteiger partial charge < -0.3 is 14.6 Å². The SMILES string of the molecule is COCCC(F)(F)c1cc(Br)ccc1OC(C)C(=O)O. The number of alkyl halides is 2. The predicted octanol–water partition coefficient (Wildman–Crippen LogP) is 3.43. The second kappa shape index (κ2) is 6.99. The number of methoxy groups -OCH3 is 1. The molecule has 0 fully saturated rings. The molecular weight excluding hydrogens is 338 g/mol. The summed E-state index contributed by atoms with van der Waals surface area (Å²) in [5.74, 6) is -4.55. The van der Waals surface area contributed by atoms with Gasteiger partial charge in [-0.3, -0.25) is 0 Å². The lowest BCUT2D eigenvalue weighted by molar-refractivity contribution is -0.144. The number of hydrogen-bond acceptors (Lipinski definition) is 3. The zero-order valence-corrected chi connectivity index (χ0v) is 12.6. The van der Waals surface area contributed by atoms with Gasteiger partial charge in [0.1, 0.15) is 5.75 Å². The minimum absolute atomic E-state index is 0.118. The van der Waals surface area contributed by atoms with Crippen LogP contribution in [0.3, 0.4) is 0 Å². The fourth-order valence-electron chi connectivity index (χ4n) is 1.50. The molecule has 0 amide bonds. The van der Waals surface area contributed by atoms with Crippen LogP contribution in [0.15, 0.2) is 22.7 Å². The Balaban J connectivity index is 3.09. The summed E-state index contributed by atoms with van der Waals surface area (Å²) in [6, 6.07) is 4.05. The van der Waals surface area contributed by atoms with E-state index in [0.717, 1.165) is 0 Å². The van der Waals surface area contributed by atoms with Crippen molar-refractivity contribution >= 4 is 21.9 Å². The van der Waals surface area contributed by atoms with Crippen molar-refractivity contribution in [1.29, 1.82) is 0 Å². The Bertz CT molecular complexity index is 479. The molecular formula is C13H15BrF2O4. The average Bonchev–Trinajstić information content (AvgIpc) is 2.38. The molecule has 4 nitrogen and oxygen atoms in total. The first-order valence-electron chi connectivity index (χ1n) is 5.84. The van der Waals surface area contributed by atoms with E-state index < -0.39 is 24.4 Å². The van der Waals surface area contributed by atoms with Gasteiger partial charge in [-0.2, -0.15) is 0 Å². The average molecular weight is 353 g/mol. The Morgan fingerprint density at radius 2 is 2.15 bits per heavy atom. The van der Waals surface area contributed by atoms with Crippen LogP contribution in [-0.2, 0) is 15.5 Å². The van der Waals surface area contributed by atoms with Crippen molar-refractivity contribution in [2.45, 2.75) is 25.4 Å². The quantitative estimate of drug-likeness (QED) is 0.816. The summed E-state index contributed by atoms with van der Waals surface area (Å²) in [4.78, 5) is 10.8. The molecule has 0 aliphatic rings. The highest BCUT2D eigenvalue weighted by atomic mass is 79.9. The number of carbonyl (C=O) groups is 1. The number of rotatable bonds is 7. The van der Waals surface area contributed by atoms with E-state index in [1.807, 2.05) is 0 Å². The van der Waals surface area contributed by atoms with Gasteiger partial charge in [-0.15, -0.1) is 0 Å². The minimum atomic E-state index is -3.17. The number of halogens is 3. The van der Waals surface area contributed by atoms with Crippen molar-refractivity contribution < 1.29 is 28.2 Å². The summed E-state index contributed by atoms with van der Waals surface area (Å²) in [6.45, 7) is 1.16. The molecule has 0 aromatic heterocycles. The summed E-state index contributed by atoms with van der Waals surface area (Å²) in [6.07, 6.45) is -1.73. The number of benzene rings is 1. The molecule has 1 aromatic carbocycles. The summed E-state index contributed by atoms with van der Waals surface area (Å²) < 4.78 is 38.4. The normalized spacial score (nSPS) is 13.1. The maximum absolute atomic E-state index is 14.1. The molecule has 1 unspecified atom stereocenters. The first kappa shape index (κ1) is 16.8. The molecule has 0 aliphatic carbocycles. The summed E-state index contributed by atoms with van der Waals surface area (Å²) >= 11 is 3.12. The third kappa shape index (κ3) is 4.42. The molecule has 1 atom stereocenters. The molecule has 20 heavy (non-hydrogen) atoms. The second-order valence-corrected chi connectivity index (χ2v) is 5.10. The van der Waals surface area contributed by atoms with Crippen molar-refractivity contribution in [3.63, 3.8) is 0 Å². The maximum Gasteiger partial charge on any atom is 0.344 e. The van der Waals surface area contributed by atoms with Gasteiger partial charge in [-0.25, -0.2) is 13.6 Å². The summed E-state index contributed by atoms with van der Waals surface area (Å²) in [5.41, 5.74) is -0.364. The zero-order valence-electron chi connectivity index (χ0n) is 11.0. The molecule has 1 rings (SSSR count). The van der Waals surface area contributed by atoms with Gasteiger partial charge in [0.05, 0.1) is 12.2 Å². The fourth-order valence-corrected chi connectivity index (χ4v) is 1.86. The van der Waals surface area contributed by atoms with Gasteiger partial charge in [0, 0.05) is 18.0 Å². The van der Waals surface area contributed by atoms with Crippen LogP contribution in [-0.4, -0.2) is 30.9 Å². The third-order valence-electron chi connectivity index (χ3n) is 2.61. The van der Waals surface area contributed by atoms with E-state index in [2.05, 4.69) is 20.7 Å². The van der Waals surface area contributed by atoms with Crippen LogP contribution in [0.2, 0.25) is 0 Å². The highest BCUT2D eigenvalue weighted by molar-refractivity contribution is 9.10. The smallest absolute Gasteiger partial charge is 0.344 e. The van der Waals surface area contributed by atoms with Gasteiger partial charge in [-0.1, -0.05) is 15.9 Å². The lowest BCUT2D eigenvalue weighted by Crippen LogP contribution is -2.25. The van der Waals surface area contributed by atoms with Gasteiger partial charge in [0.2, 0.25) is 0 Å². The van der Waals surface area contributed by atoms with E-state index in [1.54, 1.807) is 0 Å². The van der Waals surface area contributed by atoms with E-state index in [0.29, 0.717) is 4.47 Å². The molecule has 1 N–H and O–H groups in total. The van der Waals surface area contributed by atoms with E-state index in [4.69, 9.17) is 9.84 Å². The van der Waals surface area contributed by atoms with Crippen LogP contribution < -0.4 is 4.74 Å². The Kier molecular flexibility index (Phi) is 5.88. The van der Waals surface area contributed by atoms with Crippen molar-refractivity contribution in [2.24, 2.45) is 0 Å². The third-order valence-corrected chi connectivity index (χ3v) is 3.10.